The Morgan fingerprint density at radius 2 is 1.71 bits per heavy atom. The van der Waals surface area contributed by atoms with Gasteiger partial charge in [0.2, 0.25) is 5.95 Å². The van der Waals surface area contributed by atoms with Gasteiger partial charge in [-0.2, -0.15) is 18.2 Å². The zero-order chi connectivity index (χ0) is 22.0. The predicted octanol–water partition coefficient (Wildman–Crippen LogP) is 5.51. The molecule has 4 rings (SSSR count). The van der Waals surface area contributed by atoms with Crippen molar-refractivity contribution in [2.75, 3.05) is 11.2 Å². The molecule has 1 N–H and O–H groups in total. The second-order valence-corrected chi connectivity index (χ2v) is 7.14. The number of carbonyl (C=O) groups is 1. The van der Waals surface area contributed by atoms with E-state index in [4.69, 9.17) is 11.6 Å². The number of rotatable bonds is 6. The van der Waals surface area contributed by atoms with Gasteiger partial charge in [0.25, 0.3) is 0 Å². The lowest BCUT2D eigenvalue weighted by atomic mass is 10.0. The Labute approximate surface area is 180 Å². The summed E-state index contributed by atoms with van der Waals surface area (Å²) >= 11 is 5.54. The number of nitrogens with one attached hydrogen (secondary N) is 1. The molecule has 0 saturated carbocycles. The third kappa shape index (κ3) is 4.69. The van der Waals surface area contributed by atoms with Crippen LogP contribution in [0.4, 0.5) is 24.8 Å². The van der Waals surface area contributed by atoms with Crippen LogP contribution in [0, 0.1) is 0 Å². The Balaban J connectivity index is 1.59. The number of para-hydroxylation sites is 1. The Morgan fingerprint density at radius 1 is 1.00 bits per heavy atom. The Kier molecular flexibility index (Phi) is 5.65. The first-order valence-electron chi connectivity index (χ1n) is 9.30. The third-order valence-corrected chi connectivity index (χ3v) is 4.95. The first kappa shape index (κ1) is 20.9. The molecule has 0 aliphatic carbocycles. The second-order valence-electron chi connectivity index (χ2n) is 6.87. The fraction of sp³-hybridized carbons (Fsp3) is 0.136. The molecule has 0 aliphatic rings. The van der Waals surface area contributed by atoms with Crippen molar-refractivity contribution in [3.05, 3.63) is 78.0 Å². The number of anilines is 2. The van der Waals surface area contributed by atoms with Gasteiger partial charge < -0.3 is 5.32 Å². The summed E-state index contributed by atoms with van der Waals surface area (Å²) in [5.74, 6) is -0.0106. The second kappa shape index (κ2) is 8.39. The number of benzene rings is 2. The molecule has 0 unspecified atom stereocenters. The van der Waals surface area contributed by atoms with Crippen molar-refractivity contribution in [2.45, 2.75) is 12.6 Å². The fourth-order valence-corrected chi connectivity index (χ4v) is 3.25. The van der Waals surface area contributed by atoms with Gasteiger partial charge in [-0.05, 0) is 35.4 Å². The minimum absolute atomic E-state index is 0.0193. The van der Waals surface area contributed by atoms with Crippen molar-refractivity contribution in [2.24, 2.45) is 0 Å². The average molecular weight is 445 g/mol. The number of aromatic nitrogens is 3. The molecule has 5 nitrogen and oxygen atoms in total. The highest BCUT2D eigenvalue weighted by molar-refractivity contribution is 6.27. The zero-order valence-electron chi connectivity index (χ0n) is 16.0. The molecular formula is C22H16ClF3N4O. The first-order valence-corrected chi connectivity index (χ1v) is 9.83. The maximum absolute atomic E-state index is 13.2. The molecule has 0 bridgehead atoms. The summed E-state index contributed by atoms with van der Waals surface area (Å²) < 4.78 is 41.1. The first-order chi connectivity index (χ1) is 14.8. The van der Waals surface area contributed by atoms with Crippen LogP contribution in [0.25, 0.3) is 16.8 Å². The van der Waals surface area contributed by atoms with E-state index >= 15 is 0 Å². The normalized spacial score (nSPS) is 11.6. The molecule has 4 aromatic rings. The van der Waals surface area contributed by atoms with Gasteiger partial charge in [0.15, 0.2) is 11.4 Å². The SMILES string of the molecule is O=C(CCl)Cc1ccc(-c2ccc3nc(Nc4ccccc4C(F)(F)F)nn3c2)cc1. The quantitative estimate of drug-likeness (QED) is 0.398. The van der Waals surface area contributed by atoms with Crippen molar-refractivity contribution in [3.8, 4) is 11.1 Å². The van der Waals surface area contributed by atoms with Crippen molar-refractivity contribution < 1.29 is 18.0 Å². The molecule has 2 aromatic carbocycles. The van der Waals surface area contributed by atoms with Crippen LogP contribution in [0.15, 0.2) is 66.9 Å². The smallest absolute Gasteiger partial charge is 0.322 e. The van der Waals surface area contributed by atoms with Gasteiger partial charge in [-0.15, -0.1) is 16.7 Å². The number of pyridine rings is 1. The number of halogens is 4. The molecule has 158 valence electrons. The summed E-state index contributed by atoms with van der Waals surface area (Å²) in [5, 5.41) is 6.91. The highest BCUT2D eigenvalue weighted by atomic mass is 35.5. The molecule has 2 aromatic heterocycles. The van der Waals surface area contributed by atoms with Crippen LogP contribution >= 0.6 is 11.6 Å². The number of carbonyl (C=O) groups excluding carboxylic acids is 1. The minimum Gasteiger partial charge on any atom is -0.322 e. The van der Waals surface area contributed by atoms with Crippen molar-refractivity contribution in [1.82, 2.24) is 14.6 Å². The summed E-state index contributed by atoms with van der Waals surface area (Å²) in [6.07, 6.45) is -2.47. The molecule has 9 heteroatoms. The van der Waals surface area contributed by atoms with Crippen LogP contribution in [0.5, 0.6) is 0 Å². The van der Waals surface area contributed by atoms with E-state index in [1.54, 1.807) is 12.3 Å². The highest BCUT2D eigenvalue weighted by Crippen LogP contribution is 2.35. The molecule has 0 aliphatic heterocycles. The molecule has 2 heterocycles. The highest BCUT2D eigenvalue weighted by Gasteiger charge is 2.33. The standard InChI is InChI=1S/C22H16ClF3N4O/c23-12-17(31)11-14-5-7-15(8-6-14)16-9-10-20-28-21(29-30(20)13-16)27-19-4-2-1-3-18(19)22(24,25)26/h1-10,13H,11-12H2,(H,27,29). The van der Waals surface area contributed by atoms with E-state index in [9.17, 15) is 18.0 Å². The number of alkyl halides is 4. The lowest BCUT2D eigenvalue weighted by Gasteiger charge is -2.12. The monoisotopic (exact) mass is 444 g/mol. The number of fused-ring (bicyclic) bond motifs is 1. The maximum atomic E-state index is 13.2. The predicted molar refractivity (Wildman–Crippen MR) is 113 cm³/mol. The maximum Gasteiger partial charge on any atom is 0.418 e. The summed E-state index contributed by atoms with van der Waals surface area (Å²) in [6.45, 7) is 0. The molecule has 31 heavy (non-hydrogen) atoms. The molecular weight excluding hydrogens is 429 g/mol. The van der Waals surface area contributed by atoms with Crippen LogP contribution in [0.2, 0.25) is 0 Å². The summed E-state index contributed by atoms with van der Waals surface area (Å²) in [5.41, 5.74) is 2.19. The van der Waals surface area contributed by atoms with E-state index in [1.165, 1.54) is 22.7 Å². The van der Waals surface area contributed by atoms with E-state index in [0.29, 0.717) is 5.65 Å². The van der Waals surface area contributed by atoms with E-state index in [0.717, 1.165) is 22.8 Å². The van der Waals surface area contributed by atoms with Gasteiger partial charge in [0.05, 0.1) is 17.1 Å². The summed E-state index contributed by atoms with van der Waals surface area (Å²) in [4.78, 5) is 15.7. The van der Waals surface area contributed by atoms with Gasteiger partial charge in [0, 0.05) is 18.2 Å². The van der Waals surface area contributed by atoms with Gasteiger partial charge in [0.1, 0.15) is 0 Å². The van der Waals surface area contributed by atoms with E-state index in [1.807, 2.05) is 30.3 Å². The Hall–Kier alpha value is -3.39. The number of Topliss-reactive ketones (excluding diaryl/α,β-unsaturated/α-hetero) is 1. The lowest BCUT2D eigenvalue weighted by molar-refractivity contribution is -0.136. The number of ketones is 1. The number of hydrogen-bond donors (Lipinski definition) is 1. The van der Waals surface area contributed by atoms with Gasteiger partial charge in [-0.25, -0.2) is 4.52 Å². The molecule has 0 radical (unpaired) electrons. The minimum atomic E-state index is -4.49. The van der Waals surface area contributed by atoms with E-state index in [-0.39, 0.29) is 29.7 Å². The van der Waals surface area contributed by atoms with E-state index in [2.05, 4.69) is 15.4 Å². The number of nitrogens with zero attached hydrogens (tertiary/aromatic N) is 3. The lowest BCUT2D eigenvalue weighted by Crippen LogP contribution is -2.09. The fourth-order valence-electron chi connectivity index (χ4n) is 3.16. The molecule has 0 saturated heterocycles. The molecule has 0 atom stereocenters. The number of hydrogen-bond acceptors (Lipinski definition) is 4. The van der Waals surface area contributed by atoms with Crippen LogP contribution in [-0.2, 0) is 17.4 Å². The van der Waals surface area contributed by atoms with Crippen molar-refractivity contribution in [3.63, 3.8) is 0 Å². The van der Waals surface area contributed by atoms with Crippen LogP contribution < -0.4 is 5.32 Å². The van der Waals surface area contributed by atoms with Crippen LogP contribution in [0.1, 0.15) is 11.1 Å². The van der Waals surface area contributed by atoms with E-state index < -0.39 is 11.7 Å². The average Bonchev–Trinajstić information content (AvgIpc) is 3.15. The third-order valence-electron chi connectivity index (χ3n) is 4.65. The molecule has 0 spiro atoms. The van der Waals surface area contributed by atoms with Crippen molar-refractivity contribution >= 4 is 34.7 Å². The summed E-state index contributed by atoms with van der Waals surface area (Å²) in [6, 6.07) is 16.2. The molecule has 0 amide bonds. The molecule has 0 fully saturated rings. The Morgan fingerprint density at radius 3 is 2.42 bits per heavy atom. The summed E-state index contributed by atoms with van der Waals surface area (Å²) in [7, 11) is 0. The van der Waals surface area contributed by atoms with Crippen LogP contribution in [-0.4, -0.2) is 26.3 Å². The van der Waals surface area contributed by atoms with Gasteiger partial charge in [-0.1, -0.05) is 36.4 Å². The van der Waals surface area contributed by atoms with Gasteiger partial charge in [-0.3, -0.25) is 4.79 Å². The zero-order valence-corrected chi connectivity index (χ0v) is 16.8. The van der Waals surface area contributed by atoms with Crippen molar-refractivity contribution in [1.29, 1.82) is 0 Å². The largest absolute Gasteiger partial charge is 0.418 e. The van der Waals surface area contributed by atoms with Crippen LogP contribution in [0.3, 0.4) is 0 Å². The Bertz CT molecular complexity index is 1240. The topological polar surface area (TPSA) is 59.3 Å². The van der Waals surface area contributed by atoms with Gasteiger partial charge >= 0.3 is 6.18 Å².